The number of carbonyl (C=O) groups excluding carboxylic acids is 3. The molecule has 3 rings (SSSR count). The van der Waals surface area contributed by atoms with E-state index in [4.69, 9.17) is 14.7 Å². The van der Waals surface area contributed by atoms with Crippen molar-refractivity contribution >= 4 is 40.5 Å². The summed E-state index contributed by atoms with van der Waals surface area (Å²) in [6.07, 6.45) is 0. The highest BCUT2D eigenvalue weighted by Crippen LogP contribution is 2.29. The third kappa shape index (κ3) is 6.03. The van der Waals surface area contributed by atoms with Crippen LogP contribution in [-0.2, 0) is 9.59 Å². The van der Waals surface area contributed by atoms with Crippen molar-refractivity contribution in [2.24, 2.45) is 5.10 Å². The minimum atomic E-state index is -0.966. The van der Waals surface area contributed by atoms with Gasteiger partial charge in [0.2, 0.25) is 0 Å². The van der Waals surface area contributed by atoms with Gasteiger partial charge in [0.05, 0.1) is 24.5 Å². The maximum Gasteiger partial charge on any atom is 0.353 e. The molecule has 2 N–H and O–H groups in total. The van der Waals surface area contributed by atoms with Crippen LogP contribution in [-0.4, -0.2) is 30.6 Å². The van der Waals surface area contributed by atoms with E-state index in [9.17, 15) is 14.4 Å². The third-order valence-electron chi connectivity index (χ3n) is 4.31. The van der Waals surface area contributed by atoms with E-state index in [1.54, 1.807) is 42.6 Å². The normalized spacial score (nSPS) is 10.6. The monoisotopic (exact) mass is 462 g/mol. The van der Waals surface area contributed by atoms with Crippen LogP contribution in [0.1, 0.15) is 27.7 Å². The molecule has 166 valence electrons. The lowest BCUT2D eigenvalue weighted by Gasteiger charge is -2.11. The molecule has 0 saturated heterocycles. The molecule has 9 nitrogen and oxygen atoms in total. The number of benzene rings is 2. The molecule has 1 aromatic heterocycles. The first-order valence-corrected chi connectivity index (χ1v) is 10.4. The second kappa shape index (κ2) is 10.7. The highest BCUT2D eigenvalue weighted by Gasteiger charge is 2.16. The molecule has 0 aliphatic heterocycles. The van der Waals surface area contributed by atoms with Gasteiger partial charge in [-0.3, -0.25) is 9.59 Å². The number of rotatable bonds is 6. The number of carbonyl (C=O) groups is 3. The number of methoxy groups -OCH3 is 1. The fourth-order valence-corrected chi connectivity index (χ4v) is 3.19. The Labute approximate surface area is 193 Å². The van der Waals surface area contributed by atoms with E-state index < -0.39 is 17.8 Å². The van der Waals surface area contributed by atoms with Gasteiger partial charge < -0.3 is 14.8 Å². The second-order valence-electron chi connectivity index (χ2n) is 6.51. The summed E-state index contributed by atoms with van der Waals surface area (Å²) >= 11 is 1.27. The summed E-state index contributed by atoms with van der Waals surface area (Å²) in [4.78, 5) is 36.7. The van der Waals surface area contributed by atoms with E-state index >= 15 is 0 Å². The van der Waals surface area contributed by atoms with Gasteiger partial charge in [0.1, 0.15) is 4.88 Å². The molecule has 0 radical (unpaired) electrons. The summed E-state index contributed by atoms with van der Waals surface area (Å²) < 4.78 is 10.7. The first kappa shape index (κ1) is 23.2. The number of nitrogens with zero attached hydrogens (tertiary/aromatic N) is 2. The Bertz CT molecular complexity index is 1240. The second-order valence-corrected chi connectivity index (χ2v) is 7.46. The van der Waals surface area contributed by atoms with Crippen molar-refractivity contribution in [1.82, 2.24) is 5.43 Å². The van der Waals surface area contributed by atoms with E-state index in [0.717, 1.165) is 0 Å². The average Bonchev–Trinajstić information content (AvgIpc) is 3.38. The Balaban J connectivity index is 1.64. The zero-order chi connectivity index (χ0) is 23.8. The smallest absolute Gasteiger partial charge is 0.353 e. The van der Waals surface area contributed by atoms with Gasteiger partial charge in [-0.25, -0.2) is 10.2 Å². The van der Waals surface area contributed by atoms with Crippen LogP contribution >= 0.6 is 11.3 Å². The van der Waals surface area contributed by atoms with Crippen molar-refractivity contribution in [3.63, 3.8) is 0 Å². The molecule has 0 fully saturated rings. The van der Waals surface area contributed by atoms with Crippen molar-refractivity contribution in [2.75, 3.05) is 12.4 Å². The molecule has 0 aliphatic carbocycles. The van der Waals surface area contributed by atoms with Crippen molar-refractivity contribution in [2.45, 2.75) is 6.92 Å². The topological polar surface area (TPSA) is 130 Å². The third-order valence-corrected chi connectivity index (χ3v) is 5.16. The number of esters is 1. The Morgan fingerprint density at radius 3 is 2.42 bits per heavy atom. The first-order valence-electron chi connectivity index (χ1n) is 9.51. The minimum Gasteiger partial charge on any atom is -0.493 e. The van der Waals surface area contributed by atoms with Crippen LogP contribution in [0, 0.1) is 11.3 Å². The summed E-state index contributed by atoms with van der Waals surface area (Å²) in [6.45, 7) is 1.63. The number of hydrogen-bond acceptors (Lipinski definition) is 8. The fourth-order valence-electron chi connectivity index (χ4n) is 2.59. The molecule has 33 heavy (non-hydrogen) atoms. The Morgan fingerprint density at radius 2 is 1.79 bits per heavy atom. The molecule has 0 unspecified atom stereocenters. The predicted molar refractivity (Wildman–Crippen MR) is 122 cm³/mol. The highest BCUT2D eigenvalue weighted by molar-refractivity contribution is 7.12. The molecule has 1 heterocycles. The number of ether oxygens (including phenoxy) is 2. The Kier molecular flexibility index (Phi) is 7.51. The van der Waals surface area contributed by atoms with Crippen molar-refractivity contribution < 1.29 is 23.9 Å². The lowest BCUT2D eigenvalue weighted by Crippen LogP contribution is -2.32. The number of anilines is 1. The molecular formula is C23H18N4O5S. The maximum absolute atomic E-state index is 12.2. The highest BCUT2D eigenvalue weighted by atomic mass is 32.1. The fraction of sp³-hybridized carbons (Fsp3) is 0.0870. The number of thiophene rings is 1. The SMILES string of the molecule is COc1cc(/C(C)=N/NC(=O)C(=O)Nc2ccc(C#N)cc2)ccc1OC(=O)c1cccs1. The van der Waals surface area contributed by atoms with Gasteiger partial charge in [0, 0.05) is 11.3 Å². The molecule has 0 bridgehead atoms. The van der Waals surface area contributed by atoms with Gasteiger partial charge >= 0.3 is 17.8 Å². The van der Waals surface area contributed by atoms with Gasteiger partial charge in [-0.1, -0.05) is 6.07 Å². The molecule has 3 aromatic rings. The summed E-state index contributed by atoms with van der Waals surface area (Å²) in [5.74, 6) is -1.84. The Hall–Kier alpha value is -4.49. The van der Waals surface area contributed by atoms with E-state index in [0.29, 0.717) is 33.2 Å². The molecular weight excluding hydrogens is 444 g/mol. The van der Waals surface area contributed by atoms with Gasteiger partial charge in [-0.2, -0.15) is 10.4 Å². The summed E-state index contributed by atoms with van der Waals surface area (Å²) in [5.41, 5.74) is 3.96. The van der Waals surface area contributed by atoms with Crippen LogP contribution in [0.25, 0.3) is 0 Å². The first-order chi connectivity index (χ1) is 15.9. The number of hydrazone groups is 1. The largest absolute Gasteiger partial charge is 0.493 e. The van der Waals surface area contributed by atoms with Crippen LogP contribution < -0.4 is 20.2 Å². The number of nitriles is 1. The van der Waals surface area contributed by atoms with Gasteiger partial charge in [-0.05, 0) is 60.8 Å². The van der Waals surface area contributed by atoms with Crippen molar-refractivity contribution in [3.8, 4) is 17.6 Å². The van der Waals surface area contributed by atoms with Gasteiger partial charge in [0.25, 0.3) is 0 Å². The average molecular weight is 462 g/mol. The molecule has 0 saturated carbocycles. The molecule has 2 amide bonds. The Morgan fingerprint density at radius 1 is 1.03 bits per heavy atom. The summed E-state index contributed by atoms with van der Waals surface area (Å²) in [6, 6.07) is 16.2. The maximum atomic E-state index is 12.2. The molecule has 0 aliphatic rings. The van der Waals surface area contributed by atoms with E-state index in [1.165, 1.54) is 42.7 Å². The molecule has 0 atom stereocenters. The number of amides is 2. The van der Waals surface area contributed by atoms with E-state index in [-0.39, 0.29) is 5.75 Å². The predicted octanol–water partition coefficient (Wildman–Crippen LogP) is 3.33. The lowest BCUT2D eigenvalue weighted by molar-refractivity contribution is -0.136. The van der Waals surface area contributed by atoms with Crippen LogP contribution in [0.15, 0.2) is 65.1 Å². The molecule has 10 heteroatoms. The zero-order valence-corrected chi connectivity index (χ0v) is 18.4. The van der Waals surface area contributed by atoms with Crippen LogP contribution in [0.2, 0.25) is 0 Å². The quantitative estimate of drug-likeness (QED) is 0.190. The van der Waals surface area contributed by atoms with Crippen molar-refractivity contribution in [1.29, 1.82) is 5.26 Å². The van der Waals surface area contributed by atoms with Gasteiger partial charge in [-0.15, -0.1) is 11.3 Å². The van der Waals surface area contributed by atoms with Crippen molar-refractivity contribution in [3.05, 3.63) is 76.0 Å². The molecule has 2 aromatic carbocycles. The summed E-state index contributed by atoms with van der Waals surface area (Å²) in [5, 5.41) is 16.9. The molecule has 0 spiro atoms. The van der Waals surface area contributed by atoms with Gasteiger partial charge in [0.15, 0.2) is 11.5 Å². The van der Waals surface area contributed by atoms with Crippen LogP contribution in [0.5, 0.6) is 11.5 Å². The number of nitrogens with one attached hydrogen (secondary N) is 2. The van der Waals surface area contributed by atoms with E-state index in [2.05, 4.69) is 15.8 Å². The van der Waals surface area contributed by atoms with Crippen LogP contribution in [0.4, 0.5) is 5.69 Å². The van der Waals surface area contributed by atoms with E-state index in [1.807, 2.05) is 6.07 Å². The lowest BCUT2D eigenvalue weighted by atomic mass is 10.1. The van der Waals surface area contributed by atoms with Crippen LogP contribution in [0.3, 0.4) is 0 Å². The minimum absolute atomic E-state index is 0.235. The number of hydrogen-bond donors (Lipinski definition) is 2. The zero-order valence-electron chi connectivity index (χ0n) is 17.6. The summed E-state index contributed by atoms with van der Waals surface area (Å²) in [7, 11) is 1.43. The standard InChI is InChI=1S/C23H18N4O5S/c1-14(26-27-22(29)21(28)25-17-8-5-15(13-24)6-9-17)16-7-10-18(19(12-16)31-2)32-23(30)20-4-3-11-33-20/h3-12H,1-2H3,(H,25,28)(H,27,29)/b26-14+.